The Balaban J connectivity index is 2.18. The lowest BCUT2D eigenvalue weighted by Gasteiger charge is -2.22. The number of likely N-dealkylation sites (tertiary alicyclic amines) is 1. The first-order chi connectivity index (χ1) is 7.79. The Bertz CT molecular complexity index is 230. The average molecular weight is 253 g/mol. The number of alkyl halides is 3. The van der Waals surface area contributed by atoms with Gasteiger partial charge in [0.1, 0.15) is 0 Å². The minimum Gasteiger partial charge on any atom is -0.307 e. The van der Waals surface area contributed by atoms with Gasteiger partial charge in [-0.3, -0.25) is 0 Å². The largest absolute Gasteiger partial charge is 0.401 e. The van der Waals surface area contributed by atoms with Crippen LogP contribution in [0, 0.1) is 5.92 Å². The van der Waals surface area contributed by atoms with Crippen molar-refractivity contribution in [3.05, 3.63) is 0 Å². The molecule has 1 fully saturated rings. The number of nitrogens with one attached hydrogen (secondary N) is 1. The molecule has 17 heavy (non-hydrogen) atoms. The lowest BCUT2D eigenvalue weighted by Crippen LogP contribution is -2.37. The summed E-state index contributed by atoms with van der Waals surface area (Å²) in [5, 5.41) is 2.43. The fourth-order valence-corrected chi connectivity index (χ4v) is 2.37. The molecule has 0 bridgehead atoms. The average Bonchev–Trinajstić information content (AvgIpc) is 2.53. The number of hydrogen-bond acceptors (Lipinski definition) is 3. The van der Waals surface area contributed by atoms with Crippen molar-refractivity contribution >= 4 is 0 Å². The predicted molar refractivity (Wildman–Crippen MR) is 62.0 cm³/mol. The second-order valence-electron chi connectivity index (χ2n) is 5.06. The van der Waals surface area contributed by atoms with Gasteiger partial charge < -0.3 is 15.1 Å². The summed E-state index contributed by atoms with van der Waals surface area (Å²) in [7, 11) is 4.10. The summed E-state index contributed by atoms with van der Waals surface area (Å²) in [6.45, 7) is 4.29. The van der Waals surface area contributed by atoms with Crippen LogP contribution in [0.2, 0.25) is 0 Å². The van der Waals surface area contributed by atoms with Crippen LogP contribution in [0.4, 0.5) is 13.2 Å². The lowest BCUT2D eigenvalue weighted by atomic mass is 10.1. The van der Waals surface area contributed by atoms with Crippen LogP contribution in [0.5, 0.6) is 0 Å². The van der Waals surface area contributed by atoms with Crippen LogP contribution >= 0.6 is 0 Å². The van der Waals surface area contributed by atoms with Gasteiger partial charge in [0.05, 0.1) is 6.54 Å². The van der Waals surface area contributed by atoms with Gasteiger partial charge in [-0.05, 0) is 20.0 Å². The second-order valence-corrected chi connectivity index (χ2v) is 5.06. The quantitative estimate of drug-likeness (QED) is 0.738. The maximum atomic E-state index is 11.9. The van der Waals surface area contributed by atoms with Gasteiger partial charge in [-0.2, -0.15) is 13.2 Å². The van der Waals surface area contributed by atoms with E-state index in [0.29, 0.717) is 25.0 Å². The van der Waals surface area contributed by atoms with Crippen LogP contribution in [0.15, 0.2) is 0 Å². The minimum atomic E-state index is -4.11. The molecule has 0 aromatic rings. The van der Waals surface area contributed by atoms with E-state index in [-0.39, 0.29) is 0 Å². The number of likely N-dealkylation sites (N-methyl/N-ethyl adjacent to an activating group) is 1. The highest BCUT2D eigenvalue weighted by Crippen LogP contribution is 2.19. The first-order valence-corrected chi connectivity index (χ1v) is 5.96. The van der Waals surface area contributed by atoms with Gasteiger partial charge in [0.2, 0.25) is 0 Å². The standard InChI is InChI=1S/C11H22F3N3/c1-9-6-17(7-10(9)16(2)3)5-4-15-8-11(12,13)14/h9-10,15H,4-8H2,1-3H3. The molecule has 0 aromatic heterocycles. The molecule has 3 nitrogen and oxygen atoms in total. The van der Waals surface area contributed by atoms with E-state index in [0.717, 1.165) is 13.1 Å². The summed E-state index contributed by atoms with van der Waals surface area (Å²) in [5.74, 6) is 0.576. The molecule has 0 saturated carbocycles. The van der Waals surface area contributed by atoms with Crippen molar-refractivity contribution in [2.24, 2.45) is 5.92 Å². The van der Waals surface area contributed by atoms with Crippen molar-refractivity contribution in [2.45, 2.75) is 19.1 Å². The molecular formula is C11H22F3N3. The van der Waals surface area contributed by atoms with E-state index in [9.17, 15) is 13.2 Å². The minimum absolute atomic E-state index is 0.395. The van der Waals surface area contributed by atoms with E-state index in [1.165, 1.54) is 0 Å². The molecule has 0 amide bonds. The number of nitrogens with zero attached hydrogens (tertiary/aromatic N) is 2. The van der Waals surface area contributed by atoms with Crippen molar-refractivity contribution in [1.82, 2.24) is 15.1 Å². The number of hydrogen-bond donors (Lipinski definition) is 1. The Labute approximate surface area is 101 Å². The molecule has 1 aliphatic rings. The fraction of sp³-hybridized carbons (Fsp3) is 1.00. The van der Waals surface area contributed by atoms with Crippen LogP contribution in [-0.2, 0) is 0 Å². The molecule has 0 radical (unpaired) electrons. The van der Waals surface area contributed by atoms with Crippen molar-refractivity contribution in [3.63, 3.8) is 0 Å². The van der Waals surface area contributed by atoms with Crippen LogP contribution in [0.25, 0.3) is 0 Å². The first-order valence-electron chi connectivity index (χ1n) is 5.96. The molecule has 0 aliphatic carbocycles. The van der Waals surface area contributed by atoms with E-state index in [4.69, 9.17) is 0 Å². The zero-order valence-corrected chi connectivity index (χ0v) is 10.7. The maximum absolute atomic E-state index is 11.9. The highest BCUT2D eigenvalue weighted by molar-refractivity contribution is 4.86. The molecule has 6 heteroatoms. The van der Waals surface area contributed by atoms with E-state index >= 15 is 0 Å². The summed E-state index contributed by atoms with van der Waals surface area (Å²) in [5.41, 5.74) is 0. The predicted octanol–water partition coefficient (Wildman–Crippen LogP) is 1.02. The molecule has 1 aliphatic heterocycles. The van der Waals surface area contributed by atoms with E-state index in [2.05, 4.69) is 22.0 Å². The van der Waals surface area contributed by atoms with E-state index in [1.807, 2.05) is 14.1 Å². The molecule has 1 N–H and O–H groups in total. The zero-order chi connectivity index (χ0) is 13.1. The SMILES string of the molecule is CC1CN(CCNCC(F)(F)F)CC1N(C)C. The molecule has 102 valence electrons. The highest BCUT2D eigenvalue weighted by Gasteiger charge is 2.31. The summed E-state index contributed by atoms with van der Waals surface area (Å²) in [6.07, 6.45) is -4.11. The summed E-state index contributed by atoms with van der Waals surface area (Å²) in [6, 6.07) is 0.512. The van der Waals surface area contributed by atoms with Crippen molar-refractivity contribution in [1.29, 1.82) is 0 Å². The van der Waals surface area contributed by atoms with Gasteiger partial charge in [0, 0.05) is 32.2 Å². The van der Waals surface area contributed by atoms with Crippen molar-refractivity contribution in [2.75, 3.05) is 46.8 Å². The van der Waals surface area contributed by atoms with Crippen molar-refractivity contribution in [3.8, 4) is 0 Å². The number of rotatable bonds is 5. The zero-order valence-electron chi connectivity index (χ0n) is 10.7. The second kappa shape index (κ2) is 6.02. The third-order valence-corrected chi connectivity index (χ3v) is 3.24. The first kappa shape index (κ1) is 14.7. The summed E-state index contributed by atoms with van der Waals surface area (Å²) in [4.78, 5) is 4.41. The van der Waals surface area contributed by atoms with Crippen LogP contribution in [0.3, 0.4) is 0 Å². The van der Waals surface area contributed by atoms with Gasteiger partial charge in [-0.15, -0.1) is 0 Å². The molecular weight excluding hydrogens is 231 g/mol. The molecule has 0 aromatic carbocycles. The Morgan fingerprint density at radius 1 is 1.29 bits per heavy atom. The van der Waals surface area contributed by atoms with Crippen molar-refractivity contribution < 1.29 is 13.2 Å². The normalized spacial score (nSPS) is 27.0. The third kappa shape index (κ3) is 5.23. The summed E-state index contributed by atoms with van der Waals surface area (Å²) < 4.78 is 35.7. The van der Waals surface area contributed by atoms with Crippen LogP contribution in [0.1, 0.15) is 6.92 Å². The maximum Gasteiger partial charge on any atom is 0.401 e. The summed E-state index contributed by atoms with van der Waals surface area (Å²) >= 11 is 0. The topological polar surface area (TPSA) is 18.5 Å². The Kier molecular flexibility index (Phi) is 5.22. The van der Waals surface area contributed by atoms with E-state index < -0.39 is 12.7 Å². The Morgan fingerprint density at radius 2 is 1.94 bits per heavy atom. The molecule has 0 spiro atoms. The molecule has 2 unspecified atom stereocenters. The monoisotopic (exact) mass is 253 g/mol. The molecule has 2 atom stereocenters. The van der Waals surface area contributed by atoms with Gasteiger partial charge in [-0.1, -0.05) is 6.92 Å². The molecule has 1 saturated heterocycles. The van der Waals surface area contributed by atoms with Gasteiger partial charge >= 0.3 is 6.18 Å². The fourth-order valence-electron chi connectivity index (χ4n) is 2.37. The Hall–Kier alpha value is -0.330. The molecule has 1 rings (SSSR count). The van der Waals surface area contributed by atoms with Crippen LogP contribution < -0.4 is 5.32 Å². The highest BCUT2D eigenvalue weighted by atomic mass is 19.4. The van der Waals surface area contributed by atoms with Crippen LogP contribution in [-0.4, -0.2) is 68.8 Å². The molecule has 1 heterocycles. The van der Waals surface area contributed by atoms with Gasteiger partial charge in [-0.25, -0.2) is 0 Å². The van der Waals surface area contributed by atoms with Gasteiger partial charge in [0.15, 0.2) is 0 Å². The van der Waals surface area contributed by atoms with E-state index in [1.54, 1.807) is 0 Å². The number of halogens is 3. The lowest BCUT2D eigenvalue weighted by molar-refractivity contribution is -0.124. The third-order valence-electron chi connectivity index (χ3n) is 3.24. The Morgan fingerprint density at radius 3 is 2.41 bits per heavy atom. The smallest absolute Gasteiger partial charge is 0.307 e. The van der Waals surface area contributed by atoms with Gasteiger partial charge in [0.25, 0.3) is 0 Å².